The molecule has 0 unspecified atom stereocenters. The molecule has 0 amide bonds. The summed E-state index contributed by atoms with van der Waals surface area (Å²) < 4.78 is 10.7. The fourth-order valence-corrected chi connectivity index (χ4v) is 1.87. The maximum absolute atomic E-state index is 5.61. The number of nitrogens with one attached hydrogen (secondary N) is 1. The molecule has 0 fully saturated rings. The summed E-state index contributed by atoms with van der Waals surface area (Å²) in [5.74, 6) is 1.75. The summed E-state index contributed by atoms with van der Waals surface area (Å²) in [6.45, 7) is 8.63. The van der Waals surface area contributed by atoms with Crippen molar-refractivity contribution in [3.05, 3.63) is 41.3 Å². The summed E-state index contributed by atoms with van der Waals surface area (Å²) in [7, 11) is 0. The zero-order chi connectivity index (χ0) is 13.8. The smallest absolute Gasteiger partial charge is 0.138 e. The van der Waals surface area contributed by atoms with Crippen LogP contribution in [0.5, 0.6) is 5.75 Å². The maximum Gasteiger partial charge on any atom is 0.138 e. The number of aromatic nitrogens is 1. The van der Waals surface area contributed by atoms with Crippen molar-refractivity contribution >= 4 is 5.69 Å². The van der Waals surface area contributed by atoms with Crippen LogP contribution < -0.4 is 10.1 Å². The van der Waals surface area contributed by atoms with Gasteiger partial charge in [0.15, 0.2) is 0 Å². The Bertz CT molecular complexity index is 510. The molecule has 4 heteroatoms. The average Bonchev–Trinajstić information content (AvgIpc) is 2.68. The lowest BCUT2D eigenvalue weighted by Gasteiger charge is -2.11. The Hall–Kier alpha value is -1.97. The van der Waals surface area contributed by atoms with Crippen molar-refractivity contribution in [2.45, 2.75) is 40.3 Å². The normalized spacial score (nSPS) is 10.8. The molecule has 0 aliphatic carbocycles. The van der Waals surface area contributed by atoms with Crippen molar-refractivity contribution in [1.29, 1.82) is 0 Å². The molecular formula is C15H20N2O2. The molecular weight excluding hydrogens is 240 g/mol. The van der Waals surface area contributed by atoms with Gasteiger partial charge < -0.3 is 14.6 Å². The summed E-state index contributed by atoms with van der Waals surface area (Å²) >= 11 is 0. The second kappa shape index (κ2) is 5.78. The Labute approximate surface area is 113 Å². The molecule has 0 bridgehead atoms. The van der Waals surface area contributed by atoms with Gasteiger partial charge in [-0.2, -0.15) is 0 Å². The van der Waals surface area contributed by atoms with Gasteiger partial charge in [0, 0.05) is 17.8 Å². The standard InChI is InChI=1S/C15H20N2O2/c1-10(2)18-14-7-5-13(6-8-14)16-9-15-11(3)17-19-12(15)4/h5-8,10,16H,9H2,1-4H3. The van der Waals surface area contributed by atoms with E-state index in [0.717, 1.165) is 28.5 Å². The summed E-state index contributed by atoms with van der Waals surface area (Å²) in [5.41, 5.74) is 3.10. The SMILES string of the molecule is Cc1noc(C)c1CNc1ccc(OC(C)C)cc1. The van der Waals surface area contributed by atoms with Crippen LogP contribution in [0.4, 0.5) is 5.69 Å². The van der Waals surface area contributed by atoms with Crippen LogP contribution in [-0.4, -0.2) is 11.3 Å². The lowest BCUT2D eigenvalue weighted by molar-refractivity contribution is 0.242. The van der Waals surface area contributed by atoms with Gasteiger partial charge in [-0.05, 0) is 52.0 Å². The van der Waals surface area contributed by atoms with Gasteiger partial charge >= 0.3 is 0 Å². The predicted octanol–water partition coefficient (Wildman–Crippen LogP) is 3.69. The summed E-state index contributed by atoms with van der Waals surface area (Å²) in [5, 5.41) is 7.29. The van der Waals surface area contributed by atoms with Crippen molar-refractivity contribution in [3.8, 4) is 5.75 Å². The minimum atomic E-state index is 0.195. The van der Waals surface area contributed by atoms with Crippen molar-refractivity contribution in [1.82, 2.24) is 5.16 Å². The largest absolute Gasteiger partial charge is 0.491 e. The van der Waals surface area contributed by atoms with E-state index in [1.807, 2.05) is 52.0 Å². The first-order valence-electron chi connectivity index (χ1n) is 6.48. The van der Waals surface area contributed by atoms with Gasteiger partial charge in [0.2, 0.25) is 0 Å². The zero-order valence-electron chi connectivity index (χ0n) is 11.9. The molecule has 19 heavy (non-hydrogen) atoms. The number of rotatable bonds is 5. The number of hydrogen-bond acceptors (Lipinski definition) is 4. The third kappa shape index (κ3) is 3.50. The molecule has 1 heterocycles. The predicted molar refractivity (Wildman–Crippen MR) is 75.5 cm³/mol. The van der Waals surface area contributed by atoms with E-state index in [4.69, 9.17) is 9.26 Å². The highest BCUT2D eigenvalue weighted by Gasteiger charge is 2.08. The first-order chi connectivity index (χ1) is 9.06. The summed E-state index contributed by atoms with van der Waals surface area (Å²) in [6, 6.07) is 7.96. The van der Waals surface area contributed by atoms with E-state index in [-0.39, 0.29) is 6.10 Å². The maximum atomic E-state index is 5.61. The number of hydrogen-bond donors (Lipinski definition) is 1. The number of benzene rings is 1. The summed E-state index contributed by atoms with van der Waals surface area (Å²) in [4.78, 5) is 0. The fourth-order valence-electron chi connectivity index (χ4n) is 1.87. The number of nitrogens with zero attached hydrogens (tertiary/aromatic N) is 1. The molecule has 0 saturated heterocycles. The number of aryl methyl sites for hydroxylation is 2. The van der Waals surface area contributed by atoms with Crippen LogP contribution in [0.2, 0.25) is 0 Å². The average molecular weight is 260 g/mol. The molecule has 1 aromatic carbocycles. The second-order valence-electron chi connectivity index (χ2n) is 4.85. The first kappa shape index (κ1) is 13.5. The molecule has 2 rings (SSSR count). The molecule has 4 nitrogen and oxygen atoms in total. The molecule has 1 aromatic heterocycles. The van der Waals surface area contributed by atoms with Gasteiger partial charge in [-0.15, -0.1) is 0 Å². The van der Waals surface area contributed by atoms with Crippen LogP contribution in [0, 0.1) is 13.8 Å². The molecule has 0 saturated carbocycles. The minimum absolute atomic E-state index is 0.195. The summed E-state index contributed by atoms with van der Waals surface area (Å²) in [6.07, 6.45) is 0.195. The van der Waals surface area contributed by atoms with E-state index in [1.165, 1.54) is 0 Å². The molecule has 0 radical (unpaired) electrons. The lowest BCUT2D eigenvalue weighted by Crippen LogP contribution is -2.05. The monoisotopic (exact) mass is 260 g/mol. The molecule has 102 valence electrons. The molecule has 1 N–H and O–H groups in total. The highest BCUT2D eigenvalue weighted by atomic mass is 16.5. The van der Waals surface area contributed by atoms with Crippen LogP contribution >= 0.6 is 0 Å². The topological polar surface area (TPSA) is 47.3 Å². The zero-order valence-corrected chi connectivity index (χ0v) is 11.9. The van der Waals surface area contributed by atoms with Gasteiger partial charge in [0.1, 0.15) is 11.5 Å². The van der Waals surface area contributed by atoms with Gasteiger partial charge in [-0.25, -0.2) is 0 Å². The first-order valence-corrected chi connectivity index (χ1v) is 6.48. The fraction of sp³-hybridized carbons (Fsp3) is 0.400. The van der Waals surface area contributed by atoms with Gasteiger partial charge in [-0.1, -0.05) is 5.16 Å². The Morgan fingerprint density at radius 1 is 1.21 bits per heavy atom. The number of ether oxygens (including phenoxy) is 1. The van der Waals surface area contributed by atoms with Crippen LogP contribution in [0.25, 0.3) is 0 Å². The van der Waals surface area contributed by atoms with E-state index < -0.39 is 0 Å². The quantitative estimate of drug-likeness (QED) is 0.890. The van der Waals surface area contributed by atoms with Crippen LogP contribution in [-0.2, 0) is 6.54 Å². The number of anilines is 1. The van der Waals surface area contributed by atoms with Gasteiger partial charge in [0.05, 0.1) is 11.8 Å². The van der Waals surface area contributed by atoms with Crippen molar-refractivity contribution in [2.24, 2.45) is 0 Å². The molecule has 0 spiro atoms. The molecule has 2 aromatic rings. The van der Waals surface area contributed by atoms with Crippen LogP contribution in [0.1, 0.15) is 30.9 Å². The van der Waals surface area contributed by atoms with Gasteiger partial charge in [-0.3, -0.25) is 0 Å². The molecule has 0 aliphatic heterocycles. The molecule has 0 atom stereocenters. The molecule has 0 aliphatic rings. The minimum Gasteiger partial charge on any atom is -0.491 e. The highest BCUT2D eigenvalue weighted by Crippen LogP contribution is 2.19. The Morgan fingerprint density at radius 2 is 1.89 bits per heavy atom. The van der Waals surface area contributed by atoms with E-state index in [0.29, 0.717) is 6.54 Å². The van der Waals surface area contributed by atoms with E-state index >= 15 is 0 Å². The van der Waals surface area contributed by atoms with Gasteiger partial charge in [0.25, 0.3) is 0 Å². The van der Waals surface area contributed by atoms with E-state index in [9.17, 15) is 0 Å². The second-order valence-corrected chi connectivity index (χ2v) is 4.85. The Balaban J connectivity index is 1.97. The Morgan fingerprint density at radius 3 is 2.42 bits per heavy atom. The van der Waals surface area contributed by atoms with E-state index in [2.05, 4.69) is 10.5 Å². The lowest BCUT2D eigenvalue weighted by atomic mass is 10.2. The highest BCUT2D eigenvalue weighted by molar-refractivity contribution is 5.47. The van der Waals surface area contributed by atoms with Crippen molar-refractivity contribution < 1.29 is 9.26 Å². The van der Waals surface area contributed by atoms with Crippen molar-refractivity contribution in [2.75, 3.05) is 5.32 Å². The Kier molecular flexibility index (Phi) is 4.10. The van der Waals surface area contributed by atoms with E-state index in [1.54, 1.807) is 0 Å². The third-order valence-corrected chi connectivity index (χ3v) is 2.88. The van der Waals surface area contributed by atoms with Crippen LogP contribution in [0.15, 0.2) is 28.8 Å². The van der Waals surface area contributed by atoms with Crippen molar-refractivity contribution in [3.63, 3.8) is 0 Å². The third-order valence-electron chi connectivity index (χ3n) is 2.88. The van der Waals surface area contributed by atoms with Crippen LogP contribution in [0.3, 0.4) is 0 Å².